The van der Waals surface area contributed by atoms with Crippen molar-refractivity contribution in [3.8, 4) is 5.75 Å². The Morgan fingerprint density at radius 3 is 2.43 bits per heavy atom. The SMILES string of the molecule is CCOc1ccc(NC(=S)NC(NC(=O)c2cccc(I)c2)C(Cl)(Cl)Cl)cc1. The number of thiocarbonyl (C=S) groups is 1. The Bertz CT molecular complexity index is 832. The van der Waals surface area contributed by atoms with Crippen molar-refractivity contribution in [2.45, 2.75) is 16.9 Å². The molecule has 2 aromatic carbocycles. The number of amides is 1. The predicted octanol–water partition coefficient (Wildman–Crippen LogP) is 5.10. The van der Waals surface area contributed by atoms with Gasteiger partial charge in [0.05, 0.1) is 6.61 Å². The molecule has 0 aliphatic heterocycles. The summed E-state index contributed by atoms with van der Waals surface area (Å²) < 4.78 is 4.47. The van der Waals surface area contributed by atoms with Gasteiger partial charge in [0.25, 0.3) is 5.91 Å². The molecule has 1 amide bonds. The van der Waals surface area contributed by atoms with Crippen LogP contribution in [-0.4, -0.2) is 27.6 Å². The third-order valence-corrected chi connectivity index (χ3v) is 4.93. The second-order valence-electron chi connectivity index (χ2n) is 5.51. The predicted molar refractivity (Wildman–Crippen MR) is 128 cm³/mol. The normalized spacial score (nSPS) is 12.0. The molecule has 0 radical (unpaired) electrons. The summed E-state index contributed by atoms with van der Waals surface area (Å²) in [5.41, 5.74) is 1.16. The number of carbonyl (C=O) groups excluding carboxylic acids is 1. The second-order valence-corrected chi connectivity index (χ2v) is 9.54. The summed E-state index contributed by atoms with van der Waals surface area (Å²) in [5.74, 6) is 0.349. The molecule has 5 nitrogen and oxygen atoms in total. The molecule has 0 saturated heterocycles. The summed E-state index contributed by atoms with van der Waals surface area (Å²) in [4.78, 5) is 12.5. The van der Waals surface area contributed by atoms with Gasteiger partial charge < -0.3 is 20.7 Å². The number of nitrogens with one attached hydrogen (secondary N) is 3. The fraction of sp³-hybridized carbons (Fsp3) is 0.222. The number of alkyl halides is 3. The van der Waals surface area contributed by atoms with Crippen LogP contribution < -0.4 is 20.7 Å². The second kappa shape index (κ2) is 10.7. The third-order valence-electron chi connectivity index (χ3n) is 3.39. The van der Waals surface area contributed by atoms with Gasteiger partial charge in [0, 0.05) is 14.8 Å². The largest absolute Gasteiger partial charge is 0.494 e. The molecule has 0 saturated carbocycles. The summed E-state index contributed by atoms with van der Waals surface area (Å²) >= 11 is 25.4. The van der Waals surface area contributed by atoms with Crippen LogP contribution in [0.3, 0.4) is 0 Å². The van der Waals surface area contributed by atoms with Crippen molar-refractivity contribution in [3.05, 3.63) is 57.7 Å². The van der Waals surface area contributed by atoms with E-state index in [1.54, 1.807) is 42.5 Å². The van der Waals surface area contributed by atoms with Gasteiger partial charge in [0.1, 0.15) is 11.9 Å². The van der Waals surface area contributed by atoms with Crippen molar-refractivity contribution < 1.29 is 9.53 Å². The lowest BCUT2D eigenvalue weighted by Gasteiger charge is -2.27. The van der Waals surface area contributed by atoms with Crippen molar-refractivity contribution in [2.24, 2.45) is 0 Å². The molecule has 1 atom stereocenters. The Kier molecular flexibility index (Phi) is 8.88. The molecule has 1 unspecified atom stereocenters. The molecule has 0 fully saturated rings. The van der Waals surface area contributed by atoms with E-state index in [1.807, 2.05) is 13.0 Å². The van der Waals surface area contributed by atoms with Gasteiger partial charge in [-0.3, -0.25) is 4.79 Å². The highest BCUT2D eigenvalue weighted by Crippen LogP contribution is 2.29. The first-order valence-electron chi connectivity index (χ1n) is 8.12. The molecule has 0 spiro atoms. The van der Waals surface area contributed by atoms with Crippen LogP contribution in [0.2, 0.25) is 0 Å². The Labute approximate surface area is 197 Å². The zero-order valence-electron chi connectivity index (χ0n) is 14.6. The maximum atomic E-state index is 12.5. The summed E-state index contributed by atoms with van der Waals surface area (Å²) in [6, 6.07) is 14.2. The van der Waals surface area contributed by atoms with E-state index in [0.29, 0.717) is 17.9 Å². The van der Waals surface area contributed by atoms with Crippen molar-refractivity contribution in [1.82, 2.24) is 10.6 Å². The van der Waals surface area contributed by atoms with Gasteiger partial charge in [-0.25, -0.2) is 0 Å². The van der Waals surface area contributed by atoms with Crippen LogP contribution in [0.25, 0.3) is 0 Å². The quantitative estimate of drug-likeness (QED) is 0.195. The number of carbonyl (C=O) groups is 1. The number of hydrogen-bond donors (Lipinski definition) is 3. The summed E-state index contributed by atoms with van der Waals surface area (Å²) in [7, 11) is 0. The van der Waals surface area contributed by atoms with Crippen molar-refractivity contribution >= 4 is 86.3 Å². The van der Waals surface area contributed by atoms with Crippen LogP contribution in [0.5, 0.6) is 5.75 Å². The Morgan fingerprint density at radius 2 is 1.86 bits per heavy atom. The maximum absolute atomic E-state index is 12.5. The highest BCUT2D eigenvalue weighted by atomic mass is 127. The van der Waals surface area contributed by atoms with E-state index in [1.165, 1.54) is 0 Å². The standard InChI is InChI=1S/C18H17Cl3IN3O2S/c1-2-27-14-8-6-13(7-9-14)23-17(28)25-16(18(19,20)21)24-15(26)11-4-3-5-12(22)10-11/h3-10,16H,2H2,1H3,(H,24,26)(H2,23,25,28). The molecule has 150 valence electrons. The fourth-order valence-corrected chi connectivity index (χ4v) is 3.25. The van der Waals surface area contributed by atoms with E-state index in [2.05, 4.69) is 38.5 Å². The lowest BCUT2D eigenvalue weighted by Crippen LogP contribution is -2.56. The molecular formula is C18H17Cl3IN3O2S. The van der Waals surface area contributed by atoms with E-state index in [9.17, 15) is 4.79 Å². The Balaban J connectivity index is 2.03. The minimum atomic E-state index is -1.83. The molecule has 0 heterocycles. The molecule has 0 bridgehead atoms. The number of ether oxygens (including phenoxy) is 1. The van der Waals surface area contributed by atoms with E-state index >= 15 is 0 Å². The van der Waals surface area contributed by atoms with Crippen molar-refractivity contribution in [2.75, 3.05) is 11.9 Å². The molecule has 0 aliphatic rings. The molecule has 10 heteroatoms. The molecule has 0 aromatic heterocycles. The van der Waals surface area contributed by atoms with Crippen LogP contribution in [0.1, 0.15) is 17.3 Å². The van der Waals surface area contributed by atoms with Crippen LogP contribution in [0, 0.1) is 3.57 Å². The molecule has 3 N–H and O–H groups in total. The van der Waals surface area contributed by atoms with Crippen LogP contribution in [0.15, 0.2) is 48.5 Å². The first kappa shape index (κ1) is 23.3. The molecule has 28 heavy (non-hydrogen) atoms. The summed E-state index contributed by atoms with van der Waals surface area (Å²) in [6.45, 7) is 2.49. The zero-order chi connectivity index (χ0) is 20.7. The highest BCUT2D eigenvalue weighted by molar-refractivity contribution is 14.1. The average molecular weight is 573 g/mol. The molecule has 0 aliphatic carbocycles. The van der Waals surface area contributed by atoms with Crippen molar-refractivity contribution in [1.29, 1.82) is 0 Å². The monoisotopic (exact) mass is 571 g/mol. The van der Waals surface area contributed by atoms with Gasteiger partial charge in [-0.2, -0.15) is 0 Å². The Morgan fingerprint density at radius 1 is 1.18 bits per heavy atom. The van der Waals surface area contributed by atoms with Crippen LogP contribution in [-0.2, 0) is 0 Å². The minimum absolute atomic E-state index is 0.184. The summed E-state index contributed by atoms with van der Waals surface area (Å²) in [6.07, 6.45) is -1.05. The summed E-state index contributed by atoms with van der Waals surface area (Å²) in [5, 5.41) is 8.62. The number of hydrogen-bond acceptors (Lipinski definition) is 3. The van der Waals surface area contributed by atoms with E-state index in [4.69, 9.17) is 51.8 Å². The van der Waals surface area contributed by atoms with E-state index < -0.39 is 15.9 Å². The van der Waals surface area contributed by atoms with E-state index in [-0.39, 0.29) is 5.11 Å². The molecule has 2 rings (SSSR count). The number of halogens is 4. The Hall–Kier alpha value is -1.000. The lowest BCUT2D eigenvalue weighted by molar-refractivity contribution is 0.0934. The molecule has 2 aromatic rings. The number of rotatable bonds is 6. The smallest absolute Gasteiger partial charge is 0.253 e. The third kappa shape index (κ3) is 7.44. The van der Waals surface area contributed by atoms with Gasteiger partial charge in [-0.1, -0.05) is 40.9 Å². The zero-order valence-corrected chi connectivity index (χ0v) is 19.9. The first-order valence-corrected chi connectivity index (χ1v) is 10.7. The van der Waals surface area contributed by atoms with Gasteiger partial charge in [0.15, 0.2) is 5.11 Å². The number of benzene rings is 2. The van der Waals surface area contributed by atoms with E-state index in [0.717, 1.165) is 9.32 Å². The lowest BCUT2D eigenvalue weighted by atomic mass is 10.2. The fourth-order valence-electron chi connectivity index (χ4n) is 2.14. The van der Waals surface area contributed by atoms with Crippen LogP contribution in [0.4, 0.5) is 5.69 Å². The minimum Gasteiger partial charge on any atom is -0.494 e. The average Bonchev–Trinajstić information content (AvgIpc) is 2.62. The van der Waals surface area contributed by atoms with Crippen LogP contribution >= 0.6 is 69.6 Å². The van der Waals surface area contributed by atoms with Gasteiger partial charge in [0.2, 0.25) is 3.79 Å². The number of anilines is 1. The molecular weight excluding hydrogens is 556 g/mol. The highest BCUT2D eigenvalue weighted by Gasteiger charge is 2.34. The topological polar surface area (TPSA) is 62.4 Å². The van der Waals surface area contributed by atoms with Gasteiger partial charge >= 0.3 is 0 Å². The van der Waals surface area contributed by atoms with Crippen molar-refractivity contribution in [3.63, 3.8) is 0 Å². The maximum Gasteiger partial charge on any atom is 0.253 e. The first-order chi connectivity index (χ1) is 13.2. The van der Waals surface area contributed by atoms with Gasteiger partial charge in [-0.15, -0.1) is 0 Å². The van der Waals surface area contributed by atoms with Gasteiger partial charge in [-0.05, 0) is 84.2 Å².